The number of halogens is 1. The van der Waals surface area contributed by atoms with Gasteiger partial charge in [0.15, 0.2) is 0 Å². The highest BCUT2D eigenvalue weighted by molar-refractivity contribution is 6.33. The Bertz CT molecular complexity index is 520. The minimum absolute atomic E-state index is 0.304. The van der Waals surface area contributed by atoms with Crippen LogP contribution >= 0.6 is 11.6 Å². The van der Waals surface area contributed by atoms with Gasteiger partial charge in [0.2, 0.25) is 0 Å². The highest BCUT2D eigenvalue weighted by Crippen LogP contribution is 2.54. The van der Waals surface area contributed by atoms with Crippen LogP contribution in [0, 0.1) is 17.8 Å². The molecule has 0 saturated heterocycles. The molecule has 3 rings (SSSR count). The fourth-order valence-electron chi connectivity index (χ4n) is 4.47. The molecular weight excluding hydrogens is 286 g/mol. The molecule has 1 N–H and O–H groups in total. The lowest BCUT2D eigenvalue weighted by Gasteiger charge is -2.32. The van der Waals surface area contributed by atoms with Crippen LogP contribution in [0.1, 0.15) is 37.3 Å². The third kappa shape index (κ3) is 2.51. The van der Waals surface area contributed by atoms with E-state index in [0.29, 0.717) is 22.7 Å². The van der Waals surface area contributed by atoms with Gasteiger partial charge in [-0.15, -0.1) is 0 Å². The lowest BCUT2D eigenvalue weighted by Crippen LogP contribution is -2.29. The predicted molar refractivity (Wildman–Crippen MR) is 85.3 cm³/mol. The maximum atomic E-state index is 6.42. The molecule has 0 amide bonds. The Labute approximate surface area is 132 Å². The summed E-state index contributed by atoms with van der Waals surface area (Å²) in [6.45, 7) is 0. The normalized spacial score (nSPS) is 28.7. The molecule has 1 aromatic rings. The van der Waals surface area contributed by atoms with Gasteiger partial charge < -0.3 is 14.8 Å². The molecule has 116 valence electrons. The largest absolute Gasteiger partial charge is 0.495 e. The molecular formula is C17H24ClNO2. The van der Waals surface area contributed by atoms with E-state index >= 15 is 0 Å². The van der Waals surface area contributed by atoms with E-state index < -0.39 is 0 Å². The van der Waals surface area contributed by atoms with E-state index in [-0.39, 0.29) is 0 Å². The van der Waals surface area contributed by atoms with Gasteiger partial charge in [0.05, 0.1) is 14.2 Å². The molecule has 2 fully saturated rings. The molecule has 2 aliphatic rings. The van der Waals surface area contributed by atoms with Crippen molar-refractivity contribution in [1.82, 2.24) is 5.32 Å². The molecule has 0 spiro atoms. The van der Waals surface area contributed by atoms with Crippen LogP contribution in [0.4, 0.5) is 0 Å². The van der Waals surface area contributed by atoms with E-state index in [4.69, 9.17) is 21.1 Å². The van der Waals surface area contributed by atoms with Gasteiger partial charge in [0.1, 0.15) is 16.5 Å². The van der Waals surface area contributed by atoms with Crippen LogP contribution in [0.25, 0.3) is 0 Å². The van der Waals surface area contributed by atoms with E-state index in [0.717, 1.165) is 23.1 Å². The lowest BCUT2D eigenvalue weighted by molar-refractivity contribution is 0.254. The summed E-state index contributed by atoms with van der Waals surface area (Å²) in [5.41, 5.74) is 1.16. The van der Waals surface area contributed by atoms with Gasteiger partial charge in [-0.3, -0.25) is 0 Å². The highest BCUT2D eigenvalue weighted by atomic mass is 35.5. The van der Waals surface area contributed by atoms with Crippen molar-refractivity contribution in [3.8, 4) is 11.5 Å². The Hall–Kier alpha value is -0.930. The van der Waals surface area contributed by atoms with Gasteiger partial charge in [-0.1, -0.05) is 18.0 Å². The third-order valence-corrected chi connectivity index (χ3v) is 5.74. The number of fused-ring (bicyclic) bond motifs is 2. The van der Waals surface area contributed by atoms with E-state index in [1.165, 1.54) is 25.7 Å². The summed E-state index contributed by atoms with van der Waals surface area (Å²) in [6.07, 6.45) is 5.51. The predicted octanol–water partition coefficient (Wildman–Crippen LogP) is 4.05. The summed E-state index contributed by atoms with van der Waals surface area (Å²) >= 11 is 6.42. The van der Waals surface area contributed by atoms with Crippen molar-refractivity contribution in [2.24, 2.45) is 17.8 Å². The van der Waals surface area contributed by atoms with Crippen molar-refractivity contribution in [3.05, 3.63) is 22.7 Å². The van der Waals surface area contributed by atoms with Crippen LogP contribution < -0.4 is 14.8 Å². The molecule has 21 heavy (non-hydrogen) atoms. The first-order chi connectivity index (χ1) is 10.2. The zero-order valence-electron chi connectivity index (χ0n) is 13.0. The second-order valence-corrected chi connectivity index (χ2v) is 6.69. The summed E-state index contributed by atoms with van der Waals surface area (Å²) in [5, 5.41) is 4.08. The molecule has 2 saturated carbocycles. The summed E-state index contributed by atoms with van der Waals surface area (Å²) in [7, 11) is 5.34. The Morgan fingerprint density at radius 3 is 2.52 bits per heavy atom. The van der Waals surface area contributed by atoms with Crippen LogP contribution in [0.5, 0.6) is 11.5 Å². The number of rotatable bonds is 5. The van der Waals surface area contributed by atoms with E-state index in [9.17, 15) is 0 Å². The molecule has 1 aromatic carbocycles. The van der Waals surface area contributed by atoms with Crippen LogP contribution in [0.15, 0.2) is 12.1 Å². The van der Waals surface area contributed by atoms with Crippen molar-refractivity contribution in [2.75, 3.05) is 21.3 Å². The standard InChI is InChI=1S/C17H24ClNO2/c1-19-16(13-9-10-4-5-11(13)8-10)12-6-7-14(20-2)15(18)17(12)21-3/h6-7,10-11,13,16,19H,4-5,8-9H2,1-3H3. The number of hydrogen-bond acceptors (Lipinski definition) is 3. The number of ether oxygens (including phenoxy) is 2. The molecule has 2 bridgehead atoms. The number of hydrogen-bond donors (Lipinski definition) is 1. The Morgan fingerprint density at radius 2 is 2.00 bits per heavy atom. The highest BCUT2D eigenvalue weighted by Gasteiger charge is 2.43. The maximum absolute atomic E-state index is 6.42. The summed E-state index contributed by atoms with van der Waals surface area (Å²) in [4.78, 5) is 0. The Balaban J connectivity index is 1.95. The average molecular weight is 310 g/mol. The number of nitrogens with one attached hydrogen (secondary N) is 1. The zero-order chi connectivity index (χ0) is 15.0. The van der Waals surface area contributed by atoms with Crippen LogP contribution in [0.2, 0.25) is 5.02 Å². The SMILES string of the molecule is CNC(c1ccc(OC)c(Cl)c1OC)C1CC2CCC1C2. The van der Waals surface area contributed by atoms with Crippen molar-refractivity contribution >= 4 is 11.6 Å². The van der Waals surface area contributed by atoms with E-state index in [2.05, 4.69) is 11.4 Å². The molecule has 4 atom stereocenters. The first-order valence-corrected chi connectivity index (χ1v) is 8.15. The van der Waals surface area contributed by atoms with Crippen LogP contribution in [-0.4, -0.2) is 21.3 Å². The molecule has 4 unspecified atom stereocenters. The minimum atomic E-state index is 0.304. The van der Waals surface area contributed by atoms with E-state index in [1.807, 2.05) is 13.1 Å². The number of benzene rings is 1. The van der Waals surface area contributed by atoms with Gasteiger partial charge in [0.25, 0.3) is 0 Å². The molecule has 0 aliphatic heterocycles. The van der Waals surface area contributed by atoms with E-state index in [1.54, 1.807) is 14.2 Å². The Morgan fingerprint density at radius 1 is 1.19 bits per heavy atom. The van der Waals surface area contributed by atoms with Crippen molar-refractivity contribution in [2.45, 2.75) is 31.7 Å². The lowest BCUT2D eigenvalue weighted by atomic mass is 9.80. The third-order valence-electron chi connectivity index (χ3n) is 5.38. The summed E-state index contributed by atoms with van der Waals surface area (Å²) < 4.78 is 10.9. The molecule has 2 aliphatic carbocycles. The van der Waals surface area contributed by atoms with Gasteiger partial charge in [-0.2, -0.15) is 0 Å². The summed E-state index contributed by atoms with van der Waals surface area (Å²) in [5.74, 6) is 3.87. The fourth-order valence-corrected chi connectivity index (χ4v) is 4.79. The molecule has 0 radical (unpaired) electrons. The van der Waals surface area contributed by atoms with Gasteiger partial charge in [-0.05, 0) is 56.2 Å². The monoisotopic (exact) mass is 309 g/mol. The minimum Gasteiger partial charge on any atom is -0.495 e. The smallest absolute Gasteiger partial charge is 0.146 e. The molecule has 0 aromatic heterocycles. The number of methoxy groups -OCH3 is 2. The first kappa shape index (κ1) is 15.0. The average Bonchev–Trinajstić information content (AvgIpc) is 3.11. The van der Waals surface area contributed by atoms with Gasteiger partial charge in [0, 0.05) is 11.6 Å². The topological polar surface area (TPSA) is 30.5 Å². The van der Waals surface area contributed by atoms with Crippen molar-refractivity contribution in [3.63, 3.8) is 0 Å². The van der Waals surface area contributed by atoms with Crippen LogP contribution in [0.3, 0.4) is 0 Å². The first-order valence-electron chi connectivity index (χ1n) is 7.77. The van der Waals surface area contributed by atoms with Crippen molar-refractivity contribution < 1.29 is 9.47 Å². The van der Waals surface area contributed by atoms with Gasteiger partial charge in [-0.25, -0.2) is 0 Å². The second-order valence-electron chi connectivity index (χ2n) is 6.31. The maximum Gasteiger partial charge on any atom is 0.146 e. The quantitative estimate of drug-likeness (QED) is 0.890. The Kier molecular flexibility index (Phi) is 4.32. The molecule has 0 heterocycles. The summed E-state index contributed by atoms with van der Waals surface area (Å²) in [6, 6.07) is 4.34. The second kappa shape index (κ2) is 6.05. The zero-order valence-corrected chi connectivity index (χ0v) is 13.7. The van der Waals surface area contributed by atoms with Crippen LogP contribution in [-0.2, 0) is 0 Å². The van der Waals surface area contributed by atoms with Crippen molar-refractivity contribution in [1.29, 1.82) is 0 Å². The van der Waals surface area contributed by atoms with Gasteiger partial charge >= 0.3 is 0 Å². The molecule has 3 nitrogen and oxygen atoms in total. The fraction of sp³-hybridized carbons (Fsp3) is 0.647. The molecule has 4 heteroatoms.